The lowest BCUT2D eigenvalue weighted by Crippen LogP contribution is -2.78. The Hall–Kier alpha value is -13.4. The predicted molar refractivity (Wildman–Crippen MR) is 480 cm³/mol. The first kappa shape index (κ1) is 68.0. The number of hydrogen-bond donors (Lipinski definition) is 0. The standard InChI is InChI=1S/C106H79BN2OSi2/c1-106(2,3)83-60-62-100(95(70-83)77-40-18-7-19-41-77)109-101-61-58-80(76-38-16-6-17-39-76)68-96(101)107-97-69-81(59-63-103(97)110-104-72-84(71-102(109)105(104)107)108-98-56-30-28-54-93(98)94-55-29-31-57-99(94)108)82-66-91(111(85-44-20-8-21-45-85,86-46-22-9-23-47-86)89-52-32-42-78(64-89)74-34-12-4-13-35-74)73-92(67-82)112(87-48-24-10-25-49-87,88-50-26-11-27-51-88)90-53-33-43-79(65-90)75-36-14-5-15-37-75/h4-73H,1-3H3. The first-order chi connectivity index (χ1) is 55.2. The average Bonchev–Trinajstić information content (AvgIpc) is 0.845. The van der Waals surface area contributed by atoms with Crippen molar-refractivity contribution in [2.75, 3.05) is 4.90 Å². The van der Waals surface area contributed by atoms with Crippen molar-refractivity contribution in [2.45, 2.75) is 26.2 Å². The number of ether oxygens (including phenoxy) is 1. The summed E-state index contributed by atoms with van der Waals surface area (Å²) >= 11 is 0. The van der Waals surface area contributed by atoms with E-state index in [0.29, 0.717) is 0 Å². The average molecular weight is 1460 g/mol. The Labute approximate surface area is 658 Å². The zero-order valence-corrected chi connectivity index (χ0v) is 64.8. The normalized spacial score (nSPS) is 12.5. The first-order valence-corrected chi connectivity index (χ1v) is 43.0. The van der Waals surface area contributed by atoms with Crippen molar-refractivity contribution < 1.29 is 4.74 Å². The summed E-state index contributed by atoms with van der Waals surface area (Å²) in [5, 5.41) is 12.8. The molecule has 20 rings (SSSR count). The van der Waals surface area contributed by atoms with Crippen LogP contribution in [-0.2, 0) is 5.41 Å². The Kier molecular flexibility index (Phi) is 17.0. The van der Waals surface area contributed by atoms with E-state index in [-0.39, 0.29) is 12.1 Å². The minimum Gasteiger partial charge on any atom is -0.458 e. The quantitative estimate of drug-likeness (QED) is 0.0752. The summed E-state index contributed by atoms with van der Waals surface area (Å²) in [6.45, 7) is 6.66. The molecule has 3 nitrogen and oxygen atoms in total. The van der Waals surface area contributed by atoms with Crippen molar-refractivity contribution in [3.05, 3.63) is 430 Å². The van der Waals surface area contributed by atoms with Crippen LogP contribution in [0.3, 0.4) is 0 Å². The van der Waals surface area contributed by atoms with Crippen LogP contribution in [0.15, 0.2) is 425 Å². The van der Waals surface area contributed by atoms with Crippen molar-refractivity contribution in [1.82, 2.24) is 4.57 Å². The predicted octanol–water partition coefficient (Wildman–Crippen LogP) is 19.6. The summed E-state index contributed by atoms with van der Waals surface area (Å²) < 4.78 is 10.3. The molecule has 6 heteroatoms. The third-order valence-electron chi connectivity index (χ3n) is 23.7. The van der Waals surface area contributed by atoms with Crippen LogP contribution in [-0.4, -0.2) is 27.4 Å². The second-order valence-electron chi connectivity index (χ2n) is 31.0. The van der Waals surface area contributed by atoms with Gasteiger partial charge in [0.2, 0.25) is 0 Å². The Morgan fingerprint density at radius 2 is 0.643 bits per heavy atom. The lowest BCUT2D eigenvalue weighted by molar-refractivity contribution is 0.487. The number of nitrogens with zero attached hydrogens (tertiary/aromatic N) is 2. The van der Waals surface area contributed by atoms with E-state index in [2.05, 4.69) is 455 Å². The maximum Gasteiger partial charge on any atom is 0.256 e. The lowest BCUT2D eigenvalue weighted by Gasteiger charge is -2.41. The van der Waals surface area contributed by atoms with Gasteiger partial charge in [-0.2, -0.15) is 0 Å². The second-order valence-corrected chi connectivity index (χ2v) is 38.6. The highest BCUT2D eigenvalue weighted by molar-refractivity contribution is 7.22. The van der Waals surface area contributed by atoms with E-state index in [0.717, 1.165) is 89.6 Å². The maximum absolute atomic E-state index is 7.84. The Bertz CT molecular complexity index is 6250. The van der Waals surface area contributed by atoms with Gasteiger partial charge in [-0.3, -0.25) is 0 Å². The molecular formula is C106H79BN2OSi2. The number of aromatic nitrogens is 1. The second kappa shape index (κ2) is 27.9. The molecule has 530 valence electrons. The molecule has 112 heavy (non-hydrogen) atoms. The van der Waals surface area contributed by atoms with Crippen molar-refractivity contribution >= 4 is 120 Å². The number of para-hydroxylation sites is 2. The molecule has 18 aromatic rings. The summed E-state index contributed by atoms with van der Waals surface area (Å²) in [6, 6.07) is 161. The van der Waals surface area contributed by atoms with Crippen LogP contribution in [0.1, 0.15) is 26.3 Å². The Morgan fingerprint density at radius 1 is 0.259 bits per heavy atom. The molecule has 0 aliphatic carbocycles. The van der Waals surface area contributed by atoms with E-state index in [1.807, 2.05) is 0 Å². The zero-order chi connectivity index (χ0) is 74.9. The summed E-state index contributed by atoms with van der Waals surface area (Å²) in [4.78, 5) is 2.58. The van der Waals surface area contributed by atoms with Gasteiger partial charge in [-0.1, -0.05) is 397 Å². The highest BCUT2D eigenvalue weighted by Gasteiger charge is 2.48. The molecule has 0 spiro atoms. The largest absolute Gasteiger partial charge is 0.458 e. The van der Waals surface area contributed by atoms with Crippen molar-refractivity contribution in [3.63, 3.8) is 0 Å². The highest BCUT2D eigenvalue weighted by Crippen LogP contribution is 2.48. The molecule has 0 amide bonds. The fourth-order valence-corrected chi connectivity index (χ4v) is 28.3. The van der Waals surface area contributed by atoms with E-state index in [4.69, 9.17) is 4.74 Å². The molecule has 3 heterocycles. The van der Waals surface area contributed by atoms with Gasteiger partial charge in [0.05, 0.1) is 22.4 Å². The fourth-order valence-electron chi connectivity index (χ4n) is 18.5. The van der Waals surface area contributed by atoms with Crippen LogP contribution in [0, 0.1) is 0 Å². The van der Waals surface area contributed by atoms with Crippen molar-refractivity contribution in [3.8, 4) is 72.8 Å². The van der Waals surface area contributed by atoms with Gasteiger partial charge in [-0.05, 0) is 161 Å². The first-order valence-electron chi connectivity index (χ1n) is 39.0. The Balaban J connectivity index is 0.900. The molecule has 0 radical (unpaired) electrons. The number of rotatable bonds is 15. The molecule has 0 fully saturated rings. The molecular weight excluding hydrogens is 1380 g/mol. The molecule has 0 saturated carbocycles. The van der Waals surface area contributed by atoms with Crippen molar-refractivity contribution in [1.29, 1.82) is 0 Å². The molecule has 0 N–H and O–H groups in total. The van der Waals surface area contributed by atoms with Gasteiger partial charge in [0.25, 0.3) is 6.71 Å². The van der Waals surface area contributed by atoms with Crippen LogP contribution < -0.4 is 67.5 Å². The van der Waals surface area contributed by atoms with Gasteiger partial charge >= 0.3 is 0 Å². The third-order valence-corrected chi connectivity index (χ3v) is 33.1. The smallest absolute Gasteiger partial charge is 0.256 e. The Morgan fingerprint density at radius 3 is 1.12 bits per heavy atom. The van der Waals surface area contributed by atoms with Gasteiger partial charge in [0.15, 0.2) is 16.1 Å². The van der Waals surface area contributed by atoms with Gasteiger partial charge in [-0.25, -0.2) is 0 Å². The maximum atomic E-state index is 7.84. The number of benzene rings is 17. The minimum atomic E-state index is -3.44. The molecule has 1 aromatic heterocycles. The summed E-state index contributed by atoms with van der Waals surface area (Å²) in [6.07, 6.45) is 0. The van der Waals surface area contributed by atoms with Crippen LogP contribution in [0.25, 0.3) is 83.1 Å². The minimum absolute atomic E-state index is 0.122. The molecule has 0 atom stereocenters. The van der Waals surface area contributed by atoms with Crippen molar-refractivity contribution in [2.24, 2.45) is 0 Å². The van der Waals surface area contributed by atoms with E-state index < -0.39 is 16.1 Å². The molecule has 0 saturated heterocycles. The third kappa shape index (κ3) is 11.5. The number of anilines is 3. The fraction of sp³-hybridized carbons (Fsp3) is 0.0377. The van der Waals surface area contributed by atoms with Gasteiger partial charge in [-0.15, -0.1) is 0 Å². The van der Waals surface area contributed by atoms with E-state index in [9.17, 15) is 0 Å². The van der Waals surface area contributed by atoms with Crippen LogP contribution in [0.2, 0.25) is 0 Å². The van der Waals surface area contributed by atoms with E-state index in [1.165, 1.54) is 85.5 Å². The van der Waals surface area contributed by atoms with Crippen LogP contribution >= 0.6 is 0 Å². The molecule has 0 unspecified atom stereocenters. The zero-order valence-electron chi connectivity index (χ0n) is 62.8. The summed E-state index contributed by atoms with van der Waals surface area (Å²) in [5.41, 5.74) is 22.7. The number of fused-ring (bicyclic) bond motifs is 7. The summed E-state index contributed by atoms with van der Waals surface area (Å²) in [5.74, 6) is 1.66. The molecule has 17 aromatic carbocycles. The molecule has 2 aliphatic rings. The summed E-state index contributed by atoms with van der Waals surface area (Å²) in [7, 11) is -6.88. The van der Waals surface area contributed by atoms with Gasteiger partial charge < -0.3 is 14.2 Å². The lowest BCUT2D eigenvalue weighted by atomic mass is 9.34. The van der Waals surface area contributed by atoms with Crippen LogP contribution in [0.4, 0.5) is 17.1 Å². The highest BCUT2D eigenvalue weighted by atomic mass is 28.3. The number of hydrogen-bond acceptors (Lipinski definition) is 2. The molecule has 0 bridgehead atoms. The van der Waals surface area contributed by atoms with E-state index in [1.54, 1.807) is 0 Å². The van der Waals surface area contributed by atoms with E-state index >= 15 is 0 Å². The topological polar surface area (TPSA) is 17.4 Å². The van der Waals surface area contributed by atoms with Gasteiger partial charge in [0.1, 0.15) is 11.5 Å². The molecule has 2 aliphatic heterocycles. The van der Waals surface area contributed by atoms with Crippen LogP contribution in [0.5, 0.6) is 11.5 Å². The SMILES string of the molecule is CC(C)(C)c1ccc(N2c3ccc(-c4ccccc4)cc3B3c4cc(-c5cc([Si](c6ccccc6)(c6ccccc6)c6cccc(-c7ccccc7)c6)cc([Si](c6ccccc6)(c6ccccc6)c6cccc(-c7ccccc7)c6)c5)ccc4Oc4cc(-n5c6ccccc6c6ccccc65)cc2c43)c(-c2ccccc2)c1. The van der Waals surface area contributed by atoms with Gasteiger partial charge in [0, 0.05) is 33.8 Å². The monoisotopic (exact) mass is 1460 g/mol.